The Balaban J connectivity index is 0. The number of esters is 2. The summed E-state index contributed by atoms with van der Waals surface area (Å²) in [5, 5.41) is 10.3. The van der Waals surface area contributed by atoms with Crippen molar-refractivity contribution < 1.29 is 53.8 Å². The largest absolute Gasteiger partial charge is 1.00 e. The predicted molar refractivity (Wildman–Crippen MR) is 122 cm³/mol. The van der Waals surface area contributed by atoms with Crippen LogP contribution in [0.5, 0.6) is 0 Å². The molecule has 0 saturated heterocycles. The number of hydrogen-bond acceptors (Lipinski definition) is 6. The Labute approximate surface area is 218 Å². The van der Waals surface area contributed by atoms with E-state index < -0.39 is 23.9 Å². The first-order chi connectivity index (χ1) is 15.0. The summed E-state index contributed by atoms with van der Waals surface area (Å²) >= 11 is 0. The van der Waals surface area contributed by atoms with Gasteiger partial charge in [0.05, 0.1) is 0 Å². The molecular formula is C25H46NNaO5. The van der Waals surface area contributed by atoms with E-state index in [1.165, 1.54) is 89.9 Å². The molecule has 32 heavy (non-hydrogen) atoms. The molecule has 0 rings (SSSR count). The molecule has 6 nitrogen and oxygen atoms in total. The van der Waals surface area contributed by atoms with Crippen molar-refractivity contribution in [3.05, 3.63) is 0 Å². The number of carboxylic acids is 1. The average molecular weight is 464 g/mol. The van der Waals surface area contributed by atoms with E-state index in [4.69, 9.17) is 5.73 Å². The third-order valence-electron chi connectivity index (χ3n) is 5.66. The quantitative estimate of drug-likeness (QED) is 0.114. The minimum absolute atomic E-state index is 0. The summed E-state index contributed by atoms with van der Waals surface area (Å²) < 4.78 is 4.66. The van der Waals surface area contributed by atoms with E-state index in [1.54, 1.807) is 0 Å². The van der Waals surface area contributed by atoms with Crippen molar-refractivity contribution in [1.29, 1.82) is 0 Å². The van der Waals surface area contributed by atoms with E-state index in [2.05, 4.69) is 11.7 Å². The van der Waals surface area contributed by atoms with Gasteiger partial charge < -0.3 is 20.4 Å². The van der Waals surface area contributed by atoms with Gasteiger partial charge in [-0.1, -0.05) is 110 Å². The molecule has 0 aliphatic rings. The Kier molecular flexibility index (Phi) is 26.6. The molecule has 1 atom stereocenters. The van der Waals surface area contributed by atoms with Crippen LogP contribution in [0.15, 0.2) is 0 Å². The molecule has 0 aliphatic carbocycles. The second-order valence-corrected chi connectivity index (χ2v) is 8.72. The van der Waals surface area contributed by atoms with Crippen molar-refractivity contribution in [3.63, 3.8) is 0 Å². The van der Waals surface area contributed by atoms with E-state index in [9.17, 15) is 19.5 Å². The third-order valence-corrected chi connectivity index (χ3v) is 5.66. The zero-order valence-corrected chi connectivity index (χ0v) is 22.8. The SMILES string of the molecule is CCCCCCCCCCCCCCCCCCCC(=O)OC(=O)C(N)CCC(=O)[O-].[Na+]. The molecule has 0 amide bonds. The Morgan fingerprint density at radius 2 is 1.06 bits per heavy atom. The molecule has 7 heteroatoms. The number of hydrogen-bond donors (Lipinski definition) is 1. The summed E-state index contributed by atoms with van der Waals surface area (Å²) in [7, 11) is 0. The molecule has 0 fully saturated rings. The van der Waals surface area contributed by atoms with Crippen LogP contribution in [0.1, 0.15) is 135 Å². The fraction of sp³-hybridized carbons (Fsp3) is 0.880. The zero-order chi connectivity index (χ0) is 23.2. The molecule has 0 aromatic heterocycles. The molecular weight excluding hydrogens is 417 g/mol. The zero-order valence-electron chi connectivity index (χ0n) is 20.8. The number of carbonyl (C=O) groups is 3. The standard InChI is InChI=1S/C25H47NO5.Na/c1-2-3-4-5-6-7-8-9-10-11-12-13-14-15-16-17-18-19-24(29)31-25(30)22(26)20-21-23(27)28;/h22H,2-21,26H2,1H3,(H,27,28);/q;+1/p-1. The summed E-state index contributed by atoms with van der Waals surface area (Å²) in [6.45, 7) is 2.26. The van der Waals surface area contributed by atoms with Gasteiger partial charge in [-0.3, -0.25) is 4.79 Å². The topological polar surface area (TPSA) is 110 Å². The molecule has 0 aromatic rings. The van der Waals surface area contributed by atoms with Crippen LogP contribution in [-0.4, -0.2) is 23.9 Å². The minimum Gasteiger partial charge on any atom is -0.550 e. The van der Waals surface area contributed by atoms with Crippen molar-refractivity contribution in [2.45, 2.75) is 141 Å². The molecule has 182 valence electrons. The van der Waals surface area contributed by atoms with Gasteiger partial charge in [-0.05, 0) is 19.3 Å². The van der Waals surface area contributed by atoms with Gasteiger partial charge in [-0.2, -0.15) is 0 Å². The van der Waals surface area contributed by atoms with Crippen molar-refractivity contribution in [3.8, 4) is 0 Å². The first-order valence-corrected chi connectivity index (χ1v) is 12.7. The molecule has 0 bridgehead atoms. The Morgan fingerprint density at radius 3 is 1.44 bits per heavy atom. The molecule has 0 saturated carbocycles. The first kappa shape index (κ1) is 33.7. The fourth-order valence-corrected chi connectivity index (χ4v) is 3.62. The second-order valence-electron chi connectivity index (χ2n) is 8.72. The van der Waals surface area contributed by atoms with E-state index in [0.717, 1.165) is 12.8 Å². The smallest absolute Gasteiger partial charge is 0.550 e. The number of aliphatic carboxylic acids is 1. The van der Waals surface area contributed by atoms with E-state index in [1.807, 2.05) is 0 Å². The van der Waals surface area contributed by atoms with Gasteiger partial charge in [0.25, 0.3) is 0 Å². The summed E-state index contributed by atoms with van der Waals surface area (Å²) in [4.78, 5) is 33.5. The number of carboxylic acid groups (broad SMARTS) is 1. The van der Waals surface area contributed by atoms with Crippen LogP contribution < -0.4 is 40.4 Å². The predicted octanol–water partition coefficient (Wildman–Crippen LogP) is 1.96. The molecule has 0 aromatic carbocycles. The molecule has 0 spiro atoms. The number of nitrogens with two attached hydrogens (primary N) is 1. The molecule has 2 N–H and O–H groups in total. The van der Waals surface area contributed by atoms with Crippen LogP contribution in [0.3, 0.4) is 0 Å². The fourth-order valence-electron chi connectivity index (χ4n) is 3.62. The van der Waals surface area contributed by atoms with Gasteiger partial charge in [0.15, 0.2) is 0 Å². The van der Waals surface area contributed by atoms with E-state index in [0.29, 0.717) is 6.42 Å². The summed E-state index contributed by atoms with van der Waals surface area (Å²) in [6.07, 6.45) is 21.4. The van der Waals surface area contributed by atoms with Crippen LogP contribution in [0.2, 0.25) is 0 Å². The Bertz CT molecular complexity index is 473. The van der Waals surface area contributed by atoms with E-state index in [-0.39, 0.29) is 48.8 Å². The van der Waals surface area contributed by atoms with E-state index >= 15 is 0 Å². The molecule has 0 radical (unpaired) electrons. The molecule has 1 unspecified atom stereocenters. The monoisotopic (exact) mass is 463 g/mol. The maximum Gasteiger partial charge on any atom is 1.00 e. The van der Waals surface area contributed by atoms with Gasteiger partial charge >= 0.3 is 41.5 Å². The number of carbonyl (C=O) groups excluding carboxylic acids is 3. The number of ether oxygens (including phenoxy) is 1. The third kappa shape index (κ3) is 24.2. The number of unbranched alkanes of at least 4 members (excludes halogenated alkanes) is 16. The van der Waals surface area contributed by atoms with Crippen molar-refractivity contribution in [2.24, 2.45) is 5.73 Å². The van der Waals surface area contributed by atoms with Crippen LogP contribution in [0.4, 0.5) is 0 Å². The average Bonchev–Trinajstić information content (AvgIpc) is 2.74. The van der Waals surface area contributed by atoms with Crippen LogP contribution >= 0.6 is 0 Å². The first-order valence-electron chi connectivity index (χ1n) is 12.7. The van der Waals surface area contributed by atoms with Gasteiger partial charge in [0, 0.05) is 12.4 Å². The Morgan fingerprint density at radius 1 is 0.688 bits per heavy atom. The maximum absolute atomic E-state index is 11.6. The van der Waals surface area contributed by atoms with Crippen molar-refractivity contribution in [1.82, 2.24) is 0 Å². The summed E-state index contributed by atoms with van der Waals surface area (Å²) in [5.41, 5.74) is 5.49. The Hall–Kier alpha value is -0.430. The van der Waals surface area contributed by atoms with Gasteiger partial charge in [0.1, 0.15) is 6.04 Å². The number of rotatable bonds is 22. The maximum atomic E-state index is 11.6. The minimum atomic E-state index is -1.28. The van der Waals surface area contributed by atoms with Crippen LogP contribution in [0, 0.1) is 0 Å². The van der Waals surface area contributed by atoms with Gasteiger partial charge in [0.2, 0.25) is 0 Å². The van der Waals surface area contributed by atoms with Crippen molar-refractivity contribution >= 4 is 17.9 Å². The summed E-state index contributed by atoms with van der Waals surface area (Å²) in [5.74, 6) is -2.73. The second kappa shape index (κ2) is 25.2. The summed E-state index contributed by atoms with van der Waals surface area (Å²) in [6, 6.07) is -1.10. The van der Waals surface area contributed by atoms with Crippen LogP contribution in [-0.2, 0) is 19.1 Å². The normalized spacial score (nSPS) is 11.6. The van der Waals surface area contributed by atoms with Crippen LogP contribution in [0.25, 0.3) is 0 Å². The molecule has 0 aliphatic heterocycles. The van der Waals surface area contributed by atoms with Crippen molar-refractivity contribution in [2.75, 3.05) is 0 Å². The van der Waals surface area contributed by atoms with Gasteiger partial charge in [-0.25, -0.2) is 4.79 Å². The van der Waals surface area contributed by atoms with Gasteiger partial charge in [-0.15, -0.1) is 0 Å². The molecule has 0 heterocycles.